The fourth-order valence-electron chi connectivity index (χ4n) is 3.52. The van der Waals surface area contributed by atoms with E-state index in [2.05, 4.69) is 21.4 Å². The maximum Gasteiger partial charge on any atom is 0.226 e. The van der Waals surface area contributed by atoms with Crippen LogP contribution in [0, 0.1) is 11.3 Å². The van der Waals surface area contributed by atoms with E-state index < -0.39 is 0 Å². The predicted octanol–water partition coefficient (Wildman–Crippen LogP) is 4.70. The van der Waals surface area contributed by atoms with E-state index in [0.717, 1.165) is 36.2 Å². The number of hydrogen-bond acceptors (Lipinski definition) is 8. The number of hydrogen-bond donors (Lipinski definition) is 1. The molecule has 0 unspecified atom stereocenters. The van der Waals surface area contributed by atoms with Gasteiger partial charge in [0.2, 0.25) is 5.91 Å². The smallest absolute Gasteiger partial charge is 0.226 e. The van der Waals surface area contributed by atoms with Gasteiger partial charge in [0.15, 0.2) is 16.6 Å². The monoisotopic (exact) mass is 466 g/mol. The molecule has 1 N–H and O–H groups in total. The highest BCUT2D eigenvalue weighted by Crippen LogP contribution is 2.33. The molecule has 0 aliphatic heterocycles. The van der Waals surface area contributed by atoms with E-state index in [4.69, 9.17) is 9.47 Å². The van der Waals surface area contributed by atoms with E-state index in [-0.39, 0.29) is 5.91 Å². The van der Waals surface area contributed by atoms with Crippen molar-refractivity contribution in [3.8, 4) is 28.8 Å². The van der Waals surface area contributed by atoms with Crippen molar-refractivity contribution >= 4 is 34.1 Å². The van der Waals surface area contributed by atoms with Crippen LogP contribution in [0.5, 0.6) is 11.5 Å². The SMILES string of the molecule is COc1ccc(-c2csc(NC(=O)CCSc3nc4c(cc3C#N)CCC4)n2)cc1OC. The molecule has 1 aliphatic carbocycles. The molecule has 2 heterocycles. The van der Waals surface area contributed by atoms with Crippen molar-refractivity contribution < 1.29 is 14.3 Å². The topological polar surface area (TPSA) is 97.1 Å². The highest BCUT2D eigenvalue weighted by atomic mass is 32.2. The number of nitriles is 1. The van der Waals surface area contributed by atoms with Crippen LogP contribution >= 0.6 is 23.1 Å². The molecule has 0 saturated heterocycles. The Balaban J connectivity index is 1.34. The van der Waals surface area contributed by atoms with Crippen LogP contribution in [0.4, 0.5) is 5.13 Å². The van der Waals surface area contributed by atoms with E-state index in [1.807, 2.05) is 29.6 Å². The fourth-order valence-corrected chi connectivity index (χ4v) is 5.18. The van der Waals surface area contributed by atoms with E-state index in [1.165, 1.54) is 28.7 Å². The van der Waals surface area contributed by atoms with Crippen LogP contribution in [0.25, 0.3) is 11.3 Å². The summed E-state index contributed by atoms with van der Waals surface area (Å²) in [6, 6.07) is 9.75. The van der Waals surface area contributed by atoms with E-state index >= 15 is 0 Å². The number of methoxy groups -OCH3 is 2. The first-order chi connectivity index (χ1) is 15.6. The standard InChI is InChI=1S/C23H22N4O3S2/c1-29-19-7-6-15(11-20(19)30-2)18-13-32-23(26-18)27-21(28)8-9-31-22-16(12-24)10-14-4-3-5-17(14)25-22/h6-7,10-11,13H,3-5,8-9H2,1-2H3,(H,26,27,28). The third-order valence-electron chi connectivity index (χ3n) is 5.13. The molecule has 0 saturated carbocycles. The number of amides is 1. The molecule has 7 nitrogen and oxygen atoms in total. The number of carbonyl (C=O) groups excluding carboxylic acids is 1. The molecule has 3 aromatic rings. The van der Waals surface area contributed by atoms with Crippen molar-refractivity contribution in [3.63, 3.8) is 0 Å². The number of ether oxygens (including phenoxy) is 2. The number of aryl methyl sites for hydroxylation is 2. The number of carbonyl (C=O) groups is 1. The van der Waals surface area contributed by atoms with Crippen LogP contribution in [-0.2, 0) is 17.6 Å². The summed E-state index contributed by atoms with van der Waals surface area (Å²) in [6.07, 6.45) is 3.34. The number of nitrogens with one attached hydrogen (secondary N) is 1. The maximum atomic E-state index is 12.4. The molecule has 164 valence electrons. The number of thioether (sulfide) groups is 1. The number of anilines is 1. The average Bonchev–Trinajstić information content (AvgIpc) is 3.47. The summed E-state index contributed by atoms with van der Waals surface area (Å²) in [5.74, 6) is 1.69. The third-order valence-corrected chi connectivity index (χ3v) is 6.88. The molecule has 0 radical (unpaired) electrons. The number of nitrogens with zero attached hydrogens (tertiary/aromatic N) is 3. The van der Waals surface area contributed by atoms with Gasteiger partial charge in [0, 0.05) is 28.8 Å². The lowest BCUT2D eigenvalue weighted by atomic mass is 10.1. The molecule has 32 heavy (non-hydrogen) atoms. The highest BCUT2D eigenvalue weighted by molar-refractivity contribution is 7.99. The molecule has 4 rings (SSSR count). The van der Waals surface area contributed by atoms with E-state index in [0.29, 0.717) is 39.4 Å². The number of aromatic nitrogens is 2. The highest BCUT2D eigenvalue weighted by Gasteiger charge is 2.17. The average molecular weight is 467 g/mol. The number of rotatable bonds is 8. The molecule has 0 bridgehead atoms. The van der Waals surface area contributed by atoms with Crippen molar-refractivity contribution in [2.45, 2.75) is 30.7 Å². The molecule has 0 atom stereocenters. The van der Waals surface area contributed by atoms with E-state index in [9.17, 15) is 10.1 Å². The minimum atomic E-state index is -0.120. The van der Waals surface area contributed by atoms with Gasteiger partial charge in [-0.05, 0) is 49.1 Å². The second-order valence-corrected chi connectivity index (χ2v) is 9.11. The number of benzene rings is 1. The molecule has 0 spiro atoms. The van der Waals surface area contributed by atoms with Gasteiger partial charge in [-0.15, -0.1) is 23.1 Å². The molecule has 0 fully saturated rings. The second-order valence-electron chi connectivity index (χ2n) is 7.17. The second kappa shape index (κ2) is 10.0. The molecule has 1 aliphatic rings. The minimum absolute atomic E-state index is 0.120. The van der Waals surface area contributed by atoms with E-state index in [1.54, 1.807) is 14.2 Å². The largest absolute Gasteiger partial charge is 0.493 e. The Kier molecular flexibility index (Phi) is 6.93. The number of fused-ring (bicyclic) bond motifs is 1. The van der Waals surface area contributed by atoms with Crippen molar-refractivity contribution in [3.05, 3.63) is 46.5 Å². The zero-order chi connectivity index (χ0) is 22.5. The molecule has 2 aromatic heterocycles. The normalized spacial score (nSPS) is 12.2. The number of thiazole rings is 1. The van der Waals surface area contributed by atoms with Crippen LogP contribution in [0.1, 0.15) is 29.7 Å². The van der Waals surface area contributed by atoms with Crippen LogP contribution in [0.3, 0.4) is 0 Å². The van der Waals surface area contributed by atoms with Gasteiger partial charge in [0.25, 0.3) is 0 Å². The summed E-state index contributed by atoms with van der Waals surface area (Å²) >= 11 is 2.82. The Hall–Kier alpha value is -3.09. The first kappa shape index (κ1) is 22.1. The first-order valence-electron chi connectivity index (χ1n) is 10.1. The fraction of sp³-hybridized carbons (Fsp3) is 0.304. The van der Waals surface area contributed by atoms with Gasteiger partial charge in [0.05, 0.1) is 25.5 Å². The Labute approximate surface area is 194 Å². The van der Waals surface area contributed by atoms with Gasteiger partial charge in [-0.3, -0.25) is 4.79 Å². The quantitative estimate of drug-likeness (QED) is 0.480. The number of pyridine rings is 1. The lowest BCUT2D eigenvalue weighted by molar-refractivity contribution is -0.115. The van der Waals surface area contributed by atoms with Crippen molar-refractivity contribution in [1.29, 1.82) is 5.26 Å². The molecular weight excluding hydrogens is 444 g/mol. The molecule has 1 aromatic carbocycles. The van der Waals surface area contributed by atoms with Gasteiger partial charge in [-0.25, -0.2) is 9.97 Å². The lowest BCUT2D eigenvalue weighted by Crippen LogP contribution is -2.12. The van der Waals surface area contributed by atoms with Crippen molar-refractivity contribution in [2.75, 3.05) is 25.3 Å². The lowest BCUT2D eigenvalue weighted by Gasteiger charge is -2.08. The molecular formula is C23H22N4O3S2. The summed E-state index contributed by atoms with van der Waals surface area (Å²) in [4.78, 5) is 21.6. The summed E-state index contributed by atoms with van der Waals surface area (Å²) < 4.78 is 10.6. The Morgan fingerprint density at radius 1 is 1.22 bits per heavy atom. The third kappa shape index (κ3) is 4.87. The van der Waals surface area contributed by atoms with Gasteiger partial charge < -0.3 is 14.8 Å². The maximum absolute atomic E-state index is 12.4. The zero-order valence-corrected chi connectivity index (χ0v) is 19.4. The van der Waals surface area contributed by atoms with Crippen LogP contribution in [0.2, 0.25) is 0 Å². The van der Waals surface area contributed by atoms with Crippen LogP contribution in [0.15, 0.2) is 34.7 Å². The van der Waals surface area contributed by atoms with Crippen molar-refractivity contribution in [2.24, 2.45) is 0 Å². The Morgan fingerprint density at radius 3 is 2.84 bits per heavy atom. The summed E-state index contributed by atoms with van der Waals surface area (Å²) in [6.45, 7) is 0. The van der Waals surface area contributed by atoms with Gasteiger partial charge in [-0.2, -0.15) is 5.26 Å². The first-order valence-corrected chi connectivity index (χ1v) is 12.0. The Bertz CT molecular complexity index is 1190. The zero-order valence-electron chi connectivity index (χ0n) is 17.8. The van der Waals surface area contributed by atoms with Gasteiger partial charge >= 0.3 is 0 Å². The van der Waals surface area contributed by atoms with Gasteiger partial charge in [-0.1, -0.05) is 0 Å². The summed E-state index contributed by atoms with van der Waals surface area (Å²) in [7, 11) is 3.18. The van der Waals surface area contributed by atoms with Gasteiger partial charge in [0.1, 0.15) is 11.1 Å². The summed E-state index contributed by atoms with van der Waals surface area (Å²) in [5, 5.41) is 15.4. The van der Waals surface area contributed by atoms with Crippen LogP contribution in [-0.4, -0.2) is 35.8 Å². The summed E-state index contributed by atoms with van der Waals surface area (Å²) in [5.41, 5.74) is 4.48. The Morgan fingerprint density at radius 2 is 2.06 bits per heavy atom. The minimum Gasteiger partial charge on any atom is -0.493 e. The predicted molar refractivity (Wildman–Crippen MR) is 126 cm³/mol. The molecule has 9 heteroatoms. The molecule has 1 amide bonds. The van der Waals surface area contributed by atoms with Crippen molar-refractivity contribution in [1.82, 2.24) is 9.97 Å². The van der Waals surface area contributed by atoms with Crippen LogP contribution < -0.4 is 14.8 Å².